The van der Waals surface area contributed by atoms with E-state index in [-0.39, 0.29) is 18.0 Å². The minimum absolute atomic E-state index is 0.0536. The van der Waals surface area contributed by atoms with Crippen LogP contribution in [0.25, 0.3) is 0 Å². The minimum Gasteiger partial charge on any atom is -0.383 e. The Morgan fingerprint density at radius 3 is 2.75 bits per heavy atom. The lowest BCUT2D eigenvalue weighted by atomic mass is 10.0. The molecule has 0 radical (unpaired) electrons. The molecule has 1 aromatic carbocycles. The Balaban J connectivity index is 1.66. The molecule has 3 heterocycles. The molecule has 24 heavy (non-hydrogen) atoms. The summed E-state index contributed by atoms with van der Waals surface area (Å²) in [5, 5.41) is 6.89. The van der Waals surface area contributed by atoms with Crippen LogP contribution in [0.3, 0.4) is 0 Å². The van der Waals surface area contributed by atoms with E-state index in [2.05, 4.69) is 27.8 Å². The molecule has 4 rings (SSSR count). The Morgan fingerprint density at radius 1 is 1.25 bits per heavy atom. The number of nitrogens with zero attached hydrogens (tertiary/aromatic N) is 2. The summed E-state index contributed by atoms with van der Waals surface area (Å²) in [5.41, 5.74) is 4.98. The van der Waals surface area contributed by atoms with Gasteiger partial charge in [0.05, 0.1) is 29.6 Å². The van der Waals surface area contributed by atoms with Gasteiger partial charge in [0.15, 0.2) is 0 Å². The largest absolute Gasteiger partial charge is 0.383 e. The van der Waals surface area contributed by atoms with Gasteiger partial charge in [-0.25, -0.2) is 0 Å². The second-order valence-corrected chi connectivity index (χ2v) is 6.14. The molecule has 0 aliphatic carbocycles. The van der Waals surface area contributed by atoms with Gasteiger partial charge < -0.3 is 20.3 Å². The molecule has 2 unspecified atom stereocenters. The van der Waals surface area contributed by atoms with Gasteiger partial charge in [0.25, 0.3) is 0 Å². The van der Waals surface area contributed by atoms with Crippen LogP contribution >= 0.6 is 0 Å². The first-order chi connectivity index (χ1) is 11.7. The average molecular weight is 324 g/mol. The molecule has 2 aliphatic rings. The van der Waals surface area contributed by atoms with Gasteiger partial charge in [-0.1, -0.05) is 6.07 Å². The molecule has 2 aromatic rings. The summed E-state index contributed by atoms with van der Waals surface area (Å²) >= 11 is 0. The van der Waals surface area contributed by atoms with Crippen LogP contribution in [0.15, 0.2) is 36.5 Å². The zero-order valence-corrected chi connectivity index (χ0v) is 13.7. The van der Waals surface area contributed by atoms with Crippen molar-refractivity contribution in [1.82, 2.24) is 4.98 Å². The molecule has 124 valence electrons. The highest BCUT2D eigenvalue weighted by Crippen LogP contribution is 2.45. The molecule has 1 amide bonds. The molecule has 0 saturated heterocycles. The summed E-state index contributed by atoms with van der Waals surface area (Å²) in [7, 11) is 1.65. The van der Waals surface area contributed by atoms with Gasteiger partial charge in [-0.05, 0) is 36.8 Å². The first kappa shape index (κ1) is 15.0. The third kappa shape index (κ3) is 2.30. The second-order valence-electron chi connectivity index (χ2n) is 6.14. The number of hydrogen-bond donors (Lipinski definition) is 2. The van der Waals surface area contributed by atoms with Crippen LogP contribution in [0.5, 0.6) is 0 Å². The highest BCUT2D eigenvalue weighted by molar-refractivity contribution is 6.06. The molecule has 2 atom stereocenters. The fourth-order valence-electron chi connectivity index (χ4n) is 3.36. The van der Waals surface area contributed by atoms with Crippen LogP contribution in [-0.4, -0.2) is 31.2 Å². The maximum atomic E-state index is 12.5. The number of anilines is 3. The maximum absolute atomic E-state index is 12.5. The predicted molar refractivity (Wildman–Crippen MR) is 93.3 cm³/mol. The predicted octanol–water partition coefficient (Wildman–Crippen LogP) is 2.71. The van der Waals surface area contributed by atoms with Gasteiger partial charge in [-0.15, -0.1) is 0 Å². The number of pyridine rings is 1. The van der Waals surface area contributed by atoms with E-state index < -0.39 is 0 Å². The average Bonchev–Trinajstić information content (AvgIpc) is 3.13. The second kappa shape index (κ2) is 5.79. The molecule has 0 spiro atoms. The lowest BCUT2D eigenvalue weighted by Gasteiger charge is -2.17. The van der Waals surface area contributed by atoms with Crippen LogP contribution < -0.4 is 15.5 Å². The number of rotatable bonds is 4. The molecular weight excluding hydrogens is 304 g/mol. The van der Waals surface area contributed by atoms with Crippen LogP contribution in [-0.2, 0) is 9.53 Å². The van der Waals surface area contributed by atoms with Crippen LogP contribution in [0.1, 0.15) is 30.3 Å². The van der Waals surface area contributed by atoms with Crippen molar-refractivity contribution in [3.63, 3.8) is 0 Å². The number of benzene rings is 1. The normalized spacial score (nSPS) is 21.2. The molecule has 0 fully saturated rings. The summed E-state index contributed by atoms with van der Waals surface area (Å²) < 4.78 is 5.14. The molecule has 2 aliphatic heterocycles. The number of ether oxygens (including phenoxy) is 1. The molecule has 0 bridgehead atoms. The number of methoxy groups -OCH3 is 1. The van der Waals surface area contributed by atoms with Gasteiger partial charge in [0.1, 0.15) is 6.17 Å². The smallest absolute Gasteiger partial charge is 0.234 e. The molecule has 0 saturated carbocycles. The summed E-state index contributed by atoms with van der Waals surface area (Å²) in [5.74, 6) is 0.00450. The van der Waals surface area contributed by atoms with E-state index >= 15 is 0 Å². The SMILES string of the molecule is COCCN1C(=O)C(C)c2cc3c(cc21)NC(c1ccccn1)N3. The maximum Gasteiger partial charge on any atom is 0.234 e. The van der Waals surface area contributed by atoms with Gasteiger partial charge in [-0.2, -0.15) is 0 Å². The minimum atomic E-state index is -0.127. The zero-order valence-electron chi connectivity index (χ0n) is 13.7. The van der Waals surface area contributed by atoms with Crippen LogP contribution in [0.4, 0.5) is 17.1 Å². The Morgan fingerprint density at radius 2 is 2.04 bits per heavy atom. The van der Waals surface area contributed by atoms with Gasteiger partial charge in [-0.3, -0.25) is 9.78 Å². The van der Waals surface area contributed by atoms with Crippen molar-refractivity contribution in [1.29, 1.82) is 0 Å². The van der Waals surface area contributed by atoms with Crippen molar-refractivity contribution in [2.75, 3.05) is 35.8 Å². The zero-order chi connectivity index (χ0) is 16.7. The number of hydrogen-bond acceptors (Lipinski definition) is 5. The molecule has 2 N–H and O–H groups in total. The number of carbonyl (C=O) groups excluding carboxylic acids is 1. The van der Waals surface area contributed by atoms with E-state index in [4.69, 9.17) is 4.74 Å². The lowest BCUT2D eigenvalue weighted by Crippen LogP contribution is -2.31. The number of nitrogens with one attached hydrogen (secondary N) is 2. The highest BCUT2D eigenvalue weighted by atomic mass is 16.5. The number of aromatic nitrogens is 1. The lowest BCUT2D eigenvalue weighted by molar-refractivity contribution is -0.119. The van der Waals surface area contributed by atoms with E-state index in [1.807, 2.05) is 30.0 Å². The van der Waals surface area contributed by atoms with Gasteiger partial charge >= 0.3 is 0 Å². The van der Waals surface area contributed by atoms with Crippen molar-refractivity contribution >= 4 is 23.0 Å². The van der Waals surface area contributed by atoms with Crippen molar-refractivity contribution < 1.29 is 9.53 Å². The van der Waals surface area contributed by atoms with Crippen LogP contribution in [0.2, 0.25) is 0 Å². The van der Waals surface area contributed by atoms with E-state index in [0.29, 0.717) is 13.2 Å². The first-order valence-corrected chi connectivity index (χ1v) is 8.11. The molecule has 1 aromatic heterocycles. The Bertz CT molecular complexity index is 778. The Labute approximate surface area is 140 Å². The highest BCUT2D eigenvalue weighted by Gasteiger charge is 2.36. The number of carbonyl (C=O) groups is 1. The first-order valence-electron chi connectivity index (χ1n) is 8.11. The van der Waals surface area contributed by atoms with E-state index in [1.54, 1.807) is 13.3 Å². The summed E-state index contributed by atoms with van der Waals surface area (Å²) in [6, 6.07) is 10.00. The fraction of sp³-hybridized carbons (Fsp3) is 0.333. The Kier molecular flexibility index (Phi) is 3.61. The number of fused-ring (bicyclic) bond motifs is 2. The van der Waals surface area contributed by atoms with Crippen molar-refractivity contribution in [2.24, 2.45) is 0 Å². The quantitative estimate of drug-likeness (QED) is 0.905. The van der Waals surface area contributed by atoms with Crippen LogP contribution in [0, 0.1) is 0 Å². The summed E-state index contributed by atoms with van der Waals surface area (Å²) in [4.78, 5) is 18.7. The van der Waals surface area contributed by atoms with Gasteiger partial charge in [0, 0.05) is 25.5 Å². The van der Waals surface area contributed by atoms with Crippen molar-refractivity contribution in [2.45, 2.75) is 19.0 Å². The Hall–Kier alpha value is -2.60. The van der Waals surface area contributed by atoms with Gasteiger partial charge in [0.2, 0.25) is 5.91 Å². The standard InChI is InChI=1S/C18H20N4O2/c1-11-12-9-14-15(10-16(12)22(18(11)23)7-8-24-2)21-17(20-14)13-5-3-4-6-19-13/h3-6,9-11,17,20-21H,7-8H2,1-2H3. The molecule has 6 heteroatoms. The molecule has 6 nitrogen and oxygen atoms in total. The van der Waals surface area contributed by atoms with E-state index in [9.17, 15) is 4.79 Å². The van der Waals surface area contributed by atoms with E-state index in [0.717, 1.165) is 28.3 Å². The monoisotopic (exact) mass is 324 g/mol. The topological polar surface area (TPSA) is 66.5 Å². The summed E-state index contributed by atoms with van der Waals surface area (Å²) in [6.07, 6.45) is 1.73. The van der Waals surface area contributed by atoms with Crippen molar-refractivity contribution in [3.8, 4) is 0 Å². The fourth-order valence-corrected chi connectivity index (χ4v) is 3.36. The van der Waals surface area contributed by atoms with Crippen molar-refractivity contribution in [3.05, 3.63) is 47.8 Å². The number of amides is 1. The molecular formula is C18H20N4O2. The third-order valence-electron chi connectivity index (χ3n) is 4.66. The summed E-state index contributed by atoms with van der Waals surface area (Å²) in [6.45, 7) is 3.05. The third-order valence-corrected chi connectivity index (χ3v) is 4.66. The van der Waals surface area contributed by atoms with E-state index in [1.165, 1.54) is 0 Å².